The van der Waals surface area contributed by atoms with Gasteiger partial charge in [0.25, 0.3) is 0 Å². The molecule has 0 fully saturated rings. The highest BCUT2D eigenvalue weighted by Crippen LogP contribution is 1.58. The lowest BCUT2D eigenvalue weighted by atomic mass is 10.5. The second-order valence-corrected chi connectivity index (χ2v) is 0.408. The van der Waals surface area contributed by atoms with Crippen LogP contribution in [0.2, 0.25) is 0 Å². The summed E-state index contributed by atoms with van der Waals surface area (Å²) in [5.41, 5.74) is 0. The Bertz CT molecular complexity index is 60.4. The summed E-state index contributed by atoms with van der Waals surface area (Å²) < 4.78 is 13.0. The van der Waals surface area contributed by atoms with Gasteiger partial charge in [0, 0.05) is 9.16 Å². The molecule has 0 radical (unpaired) electrons. The van der Waals surface area contributed by atoms with E-state index >= 15 is 0 Å². The van der Waals surface area contributed by atoms with Crippen LogP contribution in [0, 0.1) is 12.3 Å². The van der Waals surface area contributed by atoms with Crippen LogP contribution in [0.4, 0.5) is 0 Å². The average Bonchev–Trinajstić information content (AvgIpc) is 1.35. The summed E-state index contributed by atoms with van der Waals surface area (Å²) in [4.78, 5) is 0. The van der Waals surface area contributed by atoms with Crippen LogP contribution in [-0.4, -0.2) is 0 Å². The molecule has 0 rings (SSSR count). The monoisotopic (exact) mass is 56.1 g/mol. The SMILES string of the molecule is [2H]C([2H])CC#C. The van der Waals surface area contributed by atoms with Crippen LogP contribution in [-0.2, 0) is 0 Å². The van der Waals surface area contributed by atoms with Gasteiger partial charge >= 0.3 is 0 Å². The molecule has 0 heteroatoms. The predicted molar refractivity (Wildman–Crippen MR) is 19.1 cm³/mol. The number of terminal acetylenes is 1. The Morgan fingerprint density at radius 1 is 2.50 bits per heavy atom. The molecule has 0 spiro atoms. The van der Waals surface area contributed by atoms with Gasteiger partial charge in [-0.25, -0.2) is 0 Å². The zero-order valence-corrected chi connectivity index (χ0v) is 2.36. The maximum atomic E-state index is 6.50. The third kappa shape index (κ3) is 1.56. The summed E-state index contributed by atoms with van der Waals surface area (Å²) in [5.74, 6) is 2.19. The molecule has 0 aliphatic rings. The fourth-order valence-electron chi connectivity index (χ4n) is 0. The molecule has 0 aromatic rings. The van der Waals surface area contributed by atoms with Gasteiger partial charge in [0.1, 0.15) is 0 Å². The first-order chi connectivity index (χ1) is 2.77. The minimum atomic E-state index is -0.838. The lowest BCUT2D eigenvalue weighted by Crippen LogP contribution is -1.38. The van der Waals surface area contributed by atoms with Crippen LogP contribution in [0.5, 0.6) is 0 Å². The van der Waals surface area contributed by atoms with Gasteiger partial charge < -0.3 is 0 Å². The van der Waals surface area contributed by atoms with Crippen molar-refractivity contribution in [1.82, 2.24) is 0 Å². The van der Waals surface area contributed by atoms with Crippen molar-refractivity contribution in [2.75, 3.05) is 0 Å². The molecule has 0 aromatic heterocycles. The molecule has 0 saturated carbocycles. The van der Waals surface area contributed by atoms with Gasteiger partial charge in [0.2, 0.25) is 0 Å². The van der Waals surface area contributed by atoms with Gasteiger partial charge in [-0.05, 0) is 0 Å². The minimum absolute atomic E-state index is 0.236. The molecule has 0 nitrogen and oxygen atoms in total. The summed E-state index contributed by atoms with van der Waals surface area (Å²) in [6.07, 6.45) is 4.98. The first kappa shape index (κ1) is 1.12. The fourth-order valence-corrected chi connectivity index (χ4v) is 0. The molecule has 0 atom stereocenters. The quantitative estimate of drug-likeness (QED) is 0.363. The molecule has 0 bridgehead atoms. The van der Waals surface area contributed by atoms with Crippen LogP contribution in [0.25, 0.3) is 0 Å². The van der Waals surface area contributed by atoms with Crippen molar-refractivity contribution in [3.63, 3.8) is 0 Å². The Morgan fingerprint density at radius 2 is 3.25 bits per heavy atom. The van der Waals surface area contributed by atoms with E-state index in [1.165, 1.54) is 0 Å². The van der Waals surface area contributed by atoms with Crippen molar-refractivity contribution < 1.29 is 2.74 Å². The van der Waals surface area contributed by atoms with E-state index in [-0.39, 0.29) is 6.42 Å². The molecular weight excluding hydrogens is 48.0 g/mol. The average molecular weight is 56.1 g/mol. The van der Waals surface area contributed by atoms with Crippen molar-refractivity contribution in [3.05, 3.63) is 0 Å². The topological polar surface area (TPSA) is 0 Å². The molecule has 0 saturated heterocycles. The van der Waals surface area contributed by atoms with Crippen molar-refractivity contribution >= 4 is 0 Å². The highest BCUT2D eigenvalue weighted by atomic mass is 13.5. The summed E-state index contributed by atoms with van der Waals surface area (Å²) in [6.45, 7) is -0.838. The van der Waals surface area contributed by atoms with Crippen molar-refractivity contribution in [2.24, 2.45) is 0 Å². The van der Waals surface area contributed by atoms with Gasteiger partial charge in [-0.15, -0.1) is 12.3 Å². The molecule has 0 heterocycles. The minimum Gasteiger partial charge on any atom is -0.120 e. The second kappa shape index (κ2) is 2.56. The van der Waals surface area contributed by atoms with E-state index in [0.717, 1.165) is 0 Å². The third-order valence-electron chi connectivity index (χ3n) is 0.118. The number of rotatable bonds is 0. The van der Waals surface area contributed by atoms with Gasteiger partial charge in [-0.3, -0.25) is 0 Å². The third-order valence-corrected chi connectivity index (χ3v) is 0.118. The first-order valence-electron chi connectivity index (χ1n) is 2.21. The zero-order valence-electron chi connectivity index (χ0n) is 4.36. The smallest absolute Gasteiger partial charge is 0.0240 e. The van der Waals surface area contributed by atoms with Gasteiger partial charge in [-0.2, -0.15) is 0 Å². The Morgan fingerprint density at radius 3 is 3.25 bits per heavy atom. The molecule has 0 unspecified atom stereocenters. The Hall–Kier alpha value is -0.440. The second-order valence-electron chi connectivity index (χ2n) is 0.408. The molecule has 0 N–H and O–H groups in total. The molecular formula is C4H6. The van der Waals surface area contributed by atoms with E-state index in [4.69, 9.17) is 9.16 Å². The molecule has 0 aromatic carbocycles. The van der Waals surface area contributed by atoms with Gasteiger partial charge in [-0.1, -0.05) is 6.88 Å². The van der Waals surface area contributed by atoms with E-state index in [1.54, 1.807) is 0 Å². The summed E-state index contributed by atoms with van der Waals surface area (Å²) in [6, 6.07) is 0. The summed E-state index contributed by atoms with van der Waals surface area (Å²) in [5, 5.41) is 0. The van der Waals surface area contributed by atoms with Crippen LogP contribution in [0.15, 0.2) is 0 Å². The van der Waals surface area contributed by atoms with Crippen LogP contribution in [0.3, 0.4) is 0 Å². The Kier molecular flexibility index (Phi) is 0.718. The van der Waals surface area contributed by atoms with Gasteiger partial charge in [0.05, 0.1) is 0 Å². The molecule has 0 amide bonds. The van der Waals surface area contributed by atoms with Crippen molar-refractivity contribution in [1.29, 1.82) is 0 Å². The van der Waals surface area contributed by atoms with E-state index in [1.807, 2.05) is 0 Å². The zero-order chi connectivity index (χ0) is 4.99. The normalized spacial score (nSPS) is 13.0. The molecule has 0 aliphatic heterocycles. The maximum absolute atomic E-state index is 6.50. The largest absolute Gasteiger partial charge is 0.120 e. The highest BCUT2D eigenvalue weighted by Gasteiger charge is 1.43. The van der Waals surface area contributed by atoms with E-state index in [0.29, 0.717) is 0 Å². The van der Waals surface area contributed by atoms with Crippen molar-refractivity contribution in [2.45, 2.75) is 13.3 Å². The highest BCUT2D eigenvalue weighted by molar-refractivity contribution is 4.80. The fraction of sp³-hybridized carbons (Fsp3) is 0.500. The van der Waals surface area contributed by atoms with Crippen LogP contribution < -0.4 is 0 Å². The summed E-state index contributed by atoms with van der Waals surface area (Å²) in [7, 11) is 0. The van der Waals surface area contributed by atoms with Crippen LogP contribution in [0.1, 0.15) is 16.0 Å². The lowest BCUT2D eigenvalue weighted by molar-refractivity contribution is 1.28. The maximum Gasteiger partial charge on any atom is 0.0240 e. The first-order valence-corrected chi connectivity index (χ1v) is 1.05. The molecule has 4 heavy (non-hydrogen) atoms. The van der Waals surface area contributed by atoms with Gasteiger partial charge in [0.15, 0.2) is 0 Å². The van der Waals surface area contributed by atoms with Crippen LogP contribution >= 0.6 is 0 Å². The van der Waals surface area contributed by atoms with E-state index in [9.17, 15) is 0 Å². The Balaban J connectivity index is 2.88. The summed E-state index contributed by atoms with van der Waals surface area (Å²) >= 11 is 0. The number of hydrogen-bond donors (Lipinski definition) is 0. The van der Waals surface area contributed by atoms with E-state index < -0.39 is 6.88 Å². The lowest BCUT2D eigenvalue weighted by Gasteiger charge is -1.52. The molecule has 22 valence electrons. The Labute approximate surface area is 29.6 Å². The van der Waals surface area contributed by atoms with Crippen molar-refractivity contribution in [3.8, 4) is 12.3 Å². The standard InChI is InChI=1S/C4H6/c1-3-4-2/h1H,4H2,2H3/i2D2. The van der Waals surface area contributed by atoms with E-state index in [2.05, 4.69) is 5.92 Å². The number of hydrogen-bond acceptors (Lipinski definition) is 0. The molecule has 0 aliphatic carbocycles. The predicted octanol–water partition coefficient (Wildman–Crippen LogP) is 1.03.